The molecule has 0 atom stereocenters. The van der Waals surface area contributed by atoms with E-state index in [4.69, 9.17) is 25.2 Å². The van der Waals surface area contributed by atoms with Crippen molar-refractivity contribution in [1.82, 2.24) is 20.0 Å². The molecule has 0 saturated carbocycles. The van der Waals surface area contributed by atoms with Crippen LogP contribution in [0.4, 0.5) is 5.82 Å². The molecule has 0 bridgehead atoms. The van der Waals surface area contributed by atoms with Crippen LogP contribution in [0.5, 0.6) is 11.5 Å². The molecule has 0 aliphatic rings. The van der Waals surface area contributed by atoms with Gasteiger partial charge in [-0.3, -0.25) is 4.79 Å². The van der Waals surface area contributed by atoms with Crippen molar-refractivity contribution < 1.29 is 14.3 Å². The Labute approximate surface area is 213 Å². The minimum Gasteiger partial charge on any atom is -0.497 e. The van der Waals surface area contributed by atoms with Gasteiger partial charge in [0, 0.05) is 6.54 Å². The number of carbonyl (C=O) groups is 1. The number of hydrogen-bond donors (Lipinski definition) is 2. The summed E-state index contributed by atoms with van der Waals surface area (Å²) in [5, 5.41) is 7.51. The Balaban J connectivity index is 1.48. The van der Waals surface area contributed by atoms with Crippen LogP contribution in [-0.4, -0.2) is 47.5 Å². The van der Waals surface area contributed by atoms with E-state index in [9.17, 15) is 4.79 Å². The van der Waals surface area contributed by atoms with Gasteiger partial charge in [0.05, 0.1) is 31.5 Å². The molecule has 0 unspecified atom stereocenters. The predicted molar refractivity (Wildman–Crippen MR) is 144 cm³/mol. The fourth-order valence-corrected chi connectivity index (χ4v) is 4.04. The molecule has 2 aromatic heterocycles. The van der Waals surface area contributed by atoms with Gasteiger partial charge in [-0.15, -0.1) is 0 Å². The second-order valence-electron chi connectivity index (χ2n) is 8.33. The molecule has 3 N–H and O–H groups in total. The van der Waals surface area contributed by atoms with E-state index < -0.39 is 0 Å². The summed E-state index contributed by atoms with van der Waals surface area (Å²) in [6, 6.07) is 22.6. The molecule has 0 saturated heterocycles. The number of amides is 1. The molecule has 0 aliphatic carbocycles. The number of methoxy groups -OCH3 is 2. The van der Waals surface area contributed by atoms with Crippen molar-refractivity contribution in [2.75, 3.05) is 26.5 Å². The number of benzene rings is 3. The summed E-state index contributed by atoms with van der Waals surface area (Å²) in [4.78, 5) is 22.8. The maximum Gasteiger partial charge on any atom is 0.257 e. The van der Waals surface area contributed by atoms with E-state index in [1.165, 1.54) is 4.68 Å². The topological polar surface area (TPSA) is 117 Å². The Hall–Kier alpha value is -4.92. The van der Waals surface area contributed by atoms with E-state index in [-0.39, 0.29) is 17.3 Å². The van der Waals surface area contributed by atoms with Crippen molar-refractivity contribution in [1.29, 1.82) is 0 Å². The molecule has 5 aromatic rings. The quantitative estimate of drug-likeness (QED) is 0.315. The molecule has 37 heavy (non-hydrogen) atoms. The Morgan fingerprint density at radius 1 is 0.973 bits per heavy atom. The number of nitrogens with one attached hydrogen (secondary N) is 1. The Morgan fingerprint density at radius 2 is 1.70 bits per heavy atom. The van der Waals surface area contributed by atoms with Crippen molar-refractivity contribution in [3.8, 4) is 11.5 Å². The monoisotopic (exact) mass is 494 g/mol. The van der Waals surface area contributed by atoms with E-state index >= 15 is 0 Å². The summed E-state index contributed by atoms with van der Waals surface area (Å²) >= 11 is 0. The zero-order chi connectivity index (χ0) is 25.8. The summed E-state index contributed by atoms with van der Waals surface area (Å²) in [7, 11) is 3.23. The molecule has 1 amide bonds. The lowest BCUT2D eigenvalue weighted by molar-refractivity contribution is 0.0956. The van der Waals surface area contributed by atoms with E-state index in [0.29, 0.717) is 40.9 Å². The molecule has 5 rings (SSSR count). The summed E-state index contributed by atoms with van der Waals surface area (Å²) < 4.78 is 11.9. The largest absolute Gasteiger partial charge is 0.497 e. The highest BCUT2D eigenvalue weighted by Gasteiger charge is 2.24. The first-order chi connectivity index (χ1) is 18.1. The lowest BCUT2D eigenvalue weighted by Crippen LogP contribution is -2.26. The number of nitrogens with two attached hydrogens (primary N) is 1. The average Bonchev–Trinajstić information content (AvgIpc) is 3.20. The number of ether oxygens (including phenoxy) is 2. The van der Waals surface area contributed by atoms with Crippen LogP contribution in [0.25, 0.3) is 22.2 Å². The molecule has 186 valence electrons. The standard InChI is InChI=1S/C28H26N6O3/c1-36-20-12-10-18(11-13-20)14-15-30-28(35)24-25-27(33-23-9-4-3-8-22(23)32-25)34(26(24)29)31-17-19-6-5-7-21(16-19)37-2/h3-13,16-17H,14-15,29H2,1-2H3,(H,30,35)/b31-17+. The summed E-state index contributed by atoms with van der Waals surface area (Å²) in [5.74, 6) is 1.31. The second kappa shape index (κ2) is 10.4. The summed E-state index contributed by atoms with van der Waals surface area (Å²) in [6.07, 6.45) is 2.29. The number of nitrogens with zero attached hydrogens (tertiary/aromatic N) is 4. The fraction of sp³-hybridized carbons (Fsp3) is 0.143. The lowest BCUT2D eigenvalue weighted by atomic mass is 10.1. The highest BCUT2D eigenvalue weighted by atomic mass is 16.5. The number of anilines is 1. The summed E-state index contributed by atoms with van der Waals surface area (Å²) in [5.41, 5.74) is 10.7. The first-order valence-electron chi connectivity index (χ1n) is 11.7. The molecule has 2 heterocycles. The second-order valence-corrected chi connectivity index (χ2v) is 8.33. The van der Waals surface area contributed by atoms with Crippen molar-refractivity contribution in [2.24, 2.45) is 5.10 Å². The Kier molecular flexibility index (Phi) is 6.67. The zero-order valence-corrected chi connectivity index (χ0v) is 20.5. The average molecular weight is 495 g/mol. The molecule has 0 aliphatic heterocycles. The van der Waals surface area contributed by atoms with Crippen LogP contribution in [0.3, 0.4) is 0 Å². The number of hydrogen-bond acceptors (Lipinski definition) is 7. The van der Waals surface area contributed by atoms with Crippen LogP contribution in [0.15, 0.2) is 77.9 Å². The molecular formula is C28H26N6O3. The van der Waals surface area contributed by atoms with Crippen molar-refractivity contribution >= 4 is 40.1 Å². The maximum atomic E-state index is 13.3. The van der Waals surface area contributed by atoms with E-state index in [1.807, 2.05) is 72.8 Å². The van der Waals surface area contributed by atoms with Gasteiger partial charge >= 0.3 is 0 Å². The molecule has 0 fully saturated rings. The Morgan fingerprint density at radius 3 is 2.43 bits per heavy atom. The van der Waals surface area contributed by atoms with Gasteiger partial charge in [0.15, 0.2) is 5.65 Å². The van der Waals surface area contributed by atoms with Gasteiger partial charge in [-0.2, -0.15) is 9.78 Å². The van der Waals surface area contributed by atoms with Gasteiger partial charge < -0.3 is 20.5 Å². The highest BCUT2D eigenvalue weighted by Crippen LogP contribution is 2.28. The van der Waals surface area contributed by atoms with Gasteiger partial charge in [0.1, 0.15) is 28.4 Å². The number of aromatic nitrogens is 3. The van der Waals surface area contributed by atoms with Gasteiger partial charge in [-0.1, -0.05) is 36.4 Å². The highest BCUT2D eigenvalue weighted by molar-refractivity contribution is 6.10. The first kappa shape index (κ1) is 23.8. The Bertz CT molecular complexity index is 1610. The van der Waals surface area contributed by atoms with Crippen LogP contribution >= 0.6 is 0 Å². The molecular weight excluding hydrogens is 468 g/mol. The SMILES string of the molecule is COc1ccc(CCNC(=O)c2c(N)n(/N=C/c3cccc(OC)c3)c3nc4ccccc4nc23)cc1. The first-order valence-corrected chi connectivity index (χ1v) is 11.7. The number of nitrogen functional groups attached to an aromatic ring is 1. The predicted octanol–water partition coefficient (Wildman–Crippen LogP) is 4.04. The summed E-state index contributed by atoms with van der Waals surface area (Å²) in [6.45, 7) is 0.422. The normalized spacial score (nSPS) is 11.3. The van der Waals surface area contributed by atoms with Crippen LogP contribution in [0.2, 0.25) is 0 Å². The third-order valence-electron chi connectivity index (χ3n) is 5.98. The van der Waals surface area contributed by atoms with Crippen molar-refractivity contribution in [3.63, 3.8) is 0 Å². The van der Waals surface area contributed by atoms with Crippen LogP contribution in [-0.2, 0) is 6.42 Å². The van der Waals surface area contributed by atoms with Crippen LogP contribution in [0, 0.1) is 0 Å². The molecule has 0 spiro atoms. The maximum absolute atomic E-state index is 13.3. The van der Waals surface area contributed by atoms with Crippen LogP contribution < -0.4 is 20.5 Å². The minimum absolute atomic E-state index is 0.159. The minimum atomic E-state index is -0.337. The molecule has 9 heteroatoms. The van der Waals surface area contributed by atoms with E-state index in [2.05, 4.69) is 10.4 Å². The van der Waals surface area contributed by atoms with Gasteiger partial charge in [0.25, 0.3) is 5.91 Å². The van der Waals surface area contributed by atoms with E-state index in [0.717, 1.165) is 16.9 Å². The number of fused-ring (bicyclic) bond motifs is 2. The van der Waals surface area contributed by atoms with Crippen molar-refractivity contribution in [2.45, 2.75) is 6.42 Å². The third-order valence-corrected chi connectivity index (χ3v) is 5.98. The molecule has 3 aromatic carbocycles. The van der Waals surface area contributed by atoms with Crippen LogP contribution in [0.1, 0.15) is 21.5 Å². The number of rotatable bonds is 8. The zero-order valence-electron chi connectivity index (χ0n) is 20.5. The van der Waals surface area contributed by atoms with E-state index in [1.54, 1.807) is 20.4 Å². The van der Waals surface area contributed by atoms with Gasteiger partial charge in [0.2, 0.25) is 0 Å². The smallest absolute Gasteiger partial charge is 0.257 e. The fourth-order valence-electron chi connectivity index (χ4n) is 4.04. The lowest BCUT2D eigenvalue weighted by Gasteiger charge is -2.06. The number of para-hydroxylation sites is 2. The van der Waals surface area contributed by atoms with Gasteiger partial charge in [-0.25, -0.2) is 9.97 Å². The van der Waals surface area contributed by atoms with Crippen molar-refractivity contribution in [3.05, 3.63) is 89.5 Å². The third kappa shape index (κ3) is 4.92. The number of carbonyl (C=O) groups excluding carboxylic acids is 1. The molecule has 9 nitrogen and oxygen atoms in total. The van der Waals surface area contributed by atoms with Gasteiger partial charge in [-0.05, 0) is 53.9 Å². The molecule has 0 radical (unpaired) electrons.